The Morgan fingerprint density at radius 2 is 1.58 bits per heavy atom. The van der Waals surface area contributed by atoms with Gasteiger partial charge in [0.1, 0.15) is 6.04 Å². The zero-order valence-electron chi connectivity index (χ0n) is 17.4. The SMILES string of the molecule is C[C@H](OC(=O)[C@H](C)N1C(=O)[C@H]2CC=CC[C@@H]2C1=O)C(=O)Nc1ccc2ccccc2c1. The fourth-order valence-electron chi connectivity index (χ4n) is 4.15. The van der Waals surface area contributed by atoms with Crippen molar-refractivity contribution in [2.24, 2.45) is 11.8 Å². The molecule has 4 rings (SSSR count). The molecule has 31 heavy (non-hydrogen) atoms. The molecule has 1 aliphatic heterocycles. The largest absolute Gasteiger partial charge is 0.451 e. The summed E-state index contributed by atoms with van der Waals surface area (Å²) in [5.74, 6) is -2.81. The van der Waals surface area contributed by atoms with E-state index in [2.05, 4.69) is 5.32 Å². The number of allylic oxidation sites excluding steroid dienone is 2. The van der Waals surface area contributed by atoms with E-state index in [9.17, 15) is 19.2 Å². The van der Waals surface area contributed by atoms with E-state index in [4.69, 9.17) is 4.74 Å². The van der Waals surface area contributed by atoms with Crippen LogP contribution in [-0.4, -0.2) is 40.7 Å². The number of nitrogens with one attached hydrogen (secondary N) is 1. The van der Waals surface area contributed by atoms with Crippen LogP contribution in [0.5, 0.6) is 0 Å². The number of benzene rings is 2. The smallest absolute Gasteiger partial charge is 0.329 e. The van der Waals surface area contributed by atoms with Gasteiger partial charge in [0.15, 0.2) is 6.10 Å². The number of nitrogens with zero attached hydrogens (tertiary/aromatic N) is 1. The highest BCUT2D eigenvalue weighted by Crippen LogP contribution is 2.36. The Morgan fingerprint density at radius 3 is 2.23 bits per heavy atom. The quantitative estimate of drug-likeness (QED) is 0.456. The molecule has 0 spiro atoms. The summed E-state index contributed by atoms with van der Waals surface area (Å²) < 4.78 is 5.28. The van der Waals surface area contributed by atoms with Crippen LogP contribution in [0.25, 0.3) is 10.8 Å². The van der Waals surface area contributed by atoms with E-state index < -0.39 is 35.9 Å². The zero-order valence-corrected chi connectivity index (χ0v) is 17.4. The van der Waals surface area contributed by atoms with Gasteiger partial charge in [0.25, 0.3) is 5.91 Å². The van der Waals surface area contributed by atoms with Crippen LogP contribution in [0.2, 0.25) is 0 Å². The van der Waals surface area contributed by atoms with Gasteiger partial charge >= 0.3 is 5.97 Å². The molecule has 1 aliphatic carbocycles. The van der Waals surface area contributed by atoms with Crippen molar-refractivity contribution in [3.8, 4) is 0 Å². The lowest BCUT2D eigenvalue weighted by molar-refractivity contribution is -0.163. The molecule has 2 aromatic rings. The van der Waals surface area contributed by atoms with Crippen molar-refractivity contribution in [2.45, 2.75) is 38.8 Å². The Labute approximate surface area is 180 Å². The number of anilines is 1. The van der Waals surface area contributed by atoms with Gasteiger partial charge in [-0.05, 0) is 49.6 Å². The third-order valence-corrected chi connectivity index (χ3v) is 5.95. The summed E-state index contributed by atoms with van der Waals surface area (Å²) in [6, 6.07) is 12.2. The predicted molar refractivity (Wildman–Crippen MR) is 115 cm³/mol. The summed E-state index contributed by atoms with van der Waals surface area (Å²) in [7, 11) is 0. The van der Waals surface area contributed by atoms with Gasteiger partial charge in [0.05, 0.1) is 11.8 Å². The van der Waals surface area contributed by atoms with E-state index in [1.165, 1.54) is 13.8 Å². The highest BCUT2D eigenvalue weighted by atomic mass is 16.5. The number of fused-ring (bicyclic) bond motifs is 2. The second-order valence-electron chi connectivity index (χ2n) is 8.01. The lowest BCUT2D eigenvalue weighted by Gasteiger charge is -2.23. The van der Waals surface area contributed by atoms with Crippen molar-refractivity contribution in [1.29, 1.82) is 0 Å². The fourth-order valence-corrected chi connectivity index (χ4v) is 4.15. The van der Waals surface area contributed by atoms with E-state index in [0.29, 0.717) is 18.5 Å². The van der Waals surface area contributed by atoms with Gasteiger partial charge in [-0.3, -0.25) is 19.3 Å². The average molecular weight is 420 g/mol. The number of likely N-dealkylation sites (tertiary alicyclic amines) is 1. The number of carbonyl (C=O) groups is 4. The Bertz CT molecular complexity index is 1070. The van der Waals surface area contributed by atoms with Crippen LogP contribution in [0, 0.1) is 11.8 Å². The summed E-state index contributed by atoms with van der Waals surface area (Å²) in [5.41, 5.74) is 0.584. The Kier molecular flexibility index (Phi) is 5.59. The van der Waals surface area contributed by atoms with Crippen molar-refractivity contribution in [3.63, 3.8) is 0 Å². The number of hydrogen-bond acceptors (Lipinski definition) is 5. The molecule has 1 saturated heterocycles. The molecule has 0 unspecified atom stereocenters. The van der Waals surface area contributed by atoms with Crippen molar-refractivity contribution < 1.29 is 23.9 Å². The highest BCUT2D eigenvalue weighted by Gasteiger charge is 2.50. The van der Waals surface area contributed by atoms with E-state index >= 15 is 0 Å². The van der Waals surface area contributed by atoms with Gasteiger partial charge in [0, 0.05) is 5.69 Å². The maximum Gasteiger partial charge on any atom is 0.329 e. The summed E-state index contributed by atoms with van der Waals surface area (Å²) in [4.78, 5) is 51.4. The molecule has 160 valence electrons. The molecule has 1 heterocycles. The van der Waals surface area contributed by atoms with Gasteiger partial charge in [-0.15, -0.1) is 0 Å². The van der Waals surface area contributed by atoms with Crippen LogP contribution < -0.4 is 5.32 Å². The monoisotopic (exact) mass is 420 g/mol. The zero-order chi connectivity index (χ0) is 22.1. The number of hydrogen-bond donors (Lipinski definition) is 1. The first-order valence-electron chi connectivity index (χ1n) is 10.4. The van der Waals surface area contributed by atoms with Gasteiger partial charge in [0.2, 0.25) is 11.8 Å². The van der Waals surface area contributed by atoms with Gasteiger partial charge in [-0.25, -0.2) is 4.79 Å². The van der Waals surface area contributed by atoms with Crippen LogP contribution in [0.15, 0.2) is 54.6 Å². The minimum absolute atomic E-state index is 0.350. The molecule has 3 amide bonds. The minimum Gasteiger partial charge on any atom is -0.451 e. The maximum atomic E-state index is 12.6. The molecular formula is C24H24N2O5. The number of amides is 3. The number of imide groups is 1. The molecule has 0 saturated carbocycles. The molecule has 1 N–H and O–H groups in total. The minimum atomic E-state index is -1.09. The lowest BCUT2D eigenvalue weighted by atomic mass is 9.85. The Hall–Kier alpha value is -3.48. The number of carbonyl (C=O) groups excluding carboxylic acids is 4. The van der Waals surface area contributed by atoms with Crippen molar-refractivity contribution in [1.82, 2.24) is 4.90 Å². The normalized spacial score (nSPS) is 22.2. The number of esters is 1. The van der Waals surface area contributed by atoms with Gasteiger partial charge in [-0.2, -0.15) is 0 Å². The second-order valence-corrected chi connectivity index (χ2v) is 8.01. The third kappa shape index (κ3) is 3.95. The summed E-state index contributed by atoms with van der Waals surface area (Å²) in [6.45, 7) is 2.91. The average Bonchev–Trinajstić information content (AvgIpc) is 3.03. The van der Waals surface area contributed by atoms with Crippen LogP contribution in [0.3, 0.4) is 0 Å². The molecule has 7 heteroatoms. The molecule has 4 atom stereocenters. The first kappa shape index (κ1) is 20.8. The Balaban J connectivity index is 1.38. The molecule has 0 aromatic heterocycles. The molecule has 7 nitrogen and oxygen atoms in total. The number of rotatable bonds is 5. The van der Waals surface area contributed by atoms with Gasteiger partial charge < -0.3 is 10.1 Å². The fraction of sp³-hybridized carbons (Fsp3) is 0.333. The summed E-state index contributed by atoms with van der Waals surface area (Å²) >= 11 is 0. The second kappa shape index (κ2) is 8.34. The summed E-state index contributed by atoms with van der Waals surface area (Å²) in [5, 5.41) is 4.75. The molecule has 1 fully saturated rings. The van der Waals surface area contributed by atoms with E-state index in [-0.39, 0.29) is 11.8 Å². The topological polar surface area (TPSA) is 92.8 Å². The molecular weight excluding hydrogens is 396 g/mol. The third-order valence-electron chi connectivity index (χ3n) is 5.95. The van der Waals surface area contributed by atoms with Gasteiger partial charge in [-0.1, -0.05) is 42.5 Å². The van der Waals surface area contributed by atoms with Crippen molar-refractivity contribution in [3.05, 3.63) is 54.6 Å². The Morgan fingerprint density at radius 1 is 0.968 bits per heavy atom. The van der Waals surface area contributed by atoms with Crippen LogP contribution in [-0.2, 0) is 23.9 Å². The highest BCUT2D eigenvalue weighted by molar-refractivity contribution is 6.08. The molecule has 2 aliphatic rings. The standard InChI is InChI=1S/C24H24N2O5/c1-14(26-22(28)19-9-5-6-10-20(19)23(26)29)24(30)31-15(2)21(27)25-18-12-11-16-7-3-4-8-17(16)13-18/h3-8,11-15,19-20H,9-10H2,1-2H3,(H,25,27)/t14-,15-,19-,20-/m0/s1. The summed E-state index contributed by atoms with van der Waals surface area (Å²) in [6.07, 6.45) is 3.69. The van der Waals surface area contributed by atoms with Crippen LogP contribution in [0.4, 0.5) is 5.69 Å². The van der Waals surface area contributed by atoms with E-state index in [1.807, 2.05) is 48.6 Å². The van der Waals surface area contributed by atoms with E-state index in [1.54, 1.807) is 6.07 Å². The maximum absolute atomic E-state index is 12.6. The molecule has 0 bridgehead atoms. The van der Waals surface area contributed by atoms with Crippen LogP contribution >= 0.6 is 0 Å². The van der Waals surface area contributed by atoms with Crippen molar-refractivity contribution >= 4 is 40.2 Å². The molecule has 0 radical (unpaired) electrons. The first-order chi connectivity index (χ1) is 14.9. The van der Waals surface area contributed by atoms with Crippen LogP contribution in [0.1, 0.15) is 26.7 Å². The van der Waals surface area contributed by atoms with Crippen molar-refractivity contribution in [2.75, 3.05) is 5.32 Å². The lowest BCUT2D eigenvalue weighted by Crippen LogP contribution is -2.46. The molecule has 2 aromatic carbocycles. The predicted octanol–water partition coefficient (Wildman–Crippen LogP) is 3.05. The first-order valence-corrected chi connectivity index (χ1v) is 10.4. The van der Waals surface area contributed by atoms with E-state index in [0.717, 1.165) is 15.7 Å². The number of ether oxygens (including phenoxy) is 1.